The van der Waals surface area contributed by atoms with Crippen LogP contribution in [0.4, 0.5) is 15.0 Å². The van der Waals surface area contributed by atoms with Crippen molar-refractivity contribution in [3.8, 4) is 10.6 Å². The SMILES string of the molecule is CN[C@H]1CCN(C(=O)Nc2cc3cc(-c4nnc(C)s4)ccc3cn2)C[C@@H]1F. The van der Waals surface area contributed by atoms with E-state index in [-0.39, 0.29) is 18.6 Å². The minimum Gasteiger partial charge on any atom is -0.321 e. The zero-order valence-electron chi connectivity index (χ0n) is 15.6. The molecule has 2 amide bonds. The molecule has 1 fully saturated rings. The Bertz CT molecular complexity index is 1010. The molecule has 3 heterocycles. The van der Waals surface area contributed by atoms with Crippen LogP contribution in [-0.4, -0.2) is 58.5 Å². The van der Waals surface area contributed by atoms with E-state index in [1.54, 1.807) is 13.2 Å². The lowest BCUT2D eigenvalue weighted by Gasteiger charge is -2.34. The highest BCUT2D eigenvalue weighted by atomic mass is 32.1. The van der Waals surface area contributed by atoms with Crippen molar-refractivity contribution in [2.24, 2.45) is 0 Å². The predicted octanol–water partition coefficient (Wildman–Crippen LogP) is 3.23. The van der Waals surface area contributed by atoms with Crippen LogP contribution >= 0.6 is 11.3 Å². The topological polar surface area (TPSA) is 83.0 Å². The molecule has 2 N–H and O–H groups in total. The summed E-state index contributed by atoms with van der Waals surface area (Å²) in [5.74, 6) is 0.439. The average Bonchev–Trinajstić information content (AvgIpc) is 3.13. The number of aromatic nitrogens is 3. The van der Waals surface area contributed by atoms with Crippen LogP contribution in [0.15, 0.2) is 30.5 Å². The fourth-order valence-electron chi connectivity index (χ4n) is 3.36. The molecule has 146 valence electrons. The zero-order chi connectivity index (χ0) is 19.7. The van der Waals surface area contributed by atoms with E-state index in [2.05, 4.69) is 25.8 Å². The lowest BCUT2D eigenvalue weighted by atomic mass is 10.0. The van der Waals surface area contributed by atoms with E-state index in [1.165, 1.54) is 16.2 Å². The Morgan fingerprint density at radius 3 is 2.86 bits per heavy atom. The molecule has 0 saturated carbocycles. The Balaban J connectivity index is 1.51. The number of pyridine rings is 1. The van der Waals surface area contributed by atoms with Crippen molar-refractivity contribution >= 4 is 34.0 Å². The molecule has 1 aliphatic heterocycles. The van der Waals surface area contributed by atoms with Crippen molar-refractivity contribution in [3.63, 3.8) is 0 Å². The minimum atomic E-state index is -1.08. The summed E-state index contributed by atoms with van der Waals surface area (Å²) in [5, 5.41) is 17.6. The summed E-state index contributed by atoms with van der Waals surface area (Å²) in [4.78, 5) is 18.3. The number of rotatable bonds is 3. The van der Waals surface area contributed by atoms with Gasteiger partial charge in [-0.3, -0.25) is 5.32 Å². The first-order valence-electron chi connectivity index (χ1n) is 9.11. The highest BCUT2D eigenvalue weighted by molar-refractivity contribution is 7.14. The van der Waals surface area contributed by atoms with Gasteiger partial charge in [0.15, 0.2) is 0 Å². The monoisotopic (exact) mass is 400 g/mol. The molecule has 0 spiro atoms. The van der Waals surface area contributed by atoms with E-state index in [0.717, 1.165) is 26.4 Å². The molecule has 1 aromatic carbocycles. The maximum atomic E-state index is 14.1. The third kappa shape index (κ3) is 3.81. The van der Waals surface area contributed by atoms with Crippen molar-refractivity contribution in [1.29, 1.82) is 0 Å². The fraction of sp³-hybridized carbons (Fsp3) is 0.368. The third-order valence-corrected chi connectivity index (χ3v) is 5.82. The number of nitrogens with zero attached hydrogens (tertiary/aromatic N) is 4. The van der Waals surface area contributed by atoms with Crippen LogP contribution in [0.25, 0.3) is 21.3 Å². The molecule has 9 heteroatoms. The number of aryl methyl sites for hydroxylation is 1. The predicted molar refractivity (Wildman–Crippen MR) is 108 cm³/mol. The van der Waals surface area contributed by atoms with E-state index in [9.17, 15) is 9.18 Å². The smallest absolute Gasteiger partial charge is 0.321 e. The van der Waals surface area contributed by atoms with Crippen molar-refractivity contribution in [3.05, 3.63) is 35.5 Å². The quantitative estimate of drug-likeness (QED) is 0.705. The second-order valence-corrected chi connectivity index (χ2v) is 8.02. The Labute approximate surface area is 166 Å². The van der Waals surface area contributed by atoms with Gasteiger partial charge in [-0.2, -0.15) is 0 Å². The van der Waals surface area contributed by atoms with Gasteiger partial charge in [-0.05, 0) is 37.9 Å². The number of halogens is 1. The number of fused-ring (bicyclic) bond motifs is 1. The number of piperidine rings is 1. The van der Waals surface area contributed by atoms with Gasteiger partial charge in [0.05, 0.1) is 6.54 Å². The number of benzene rings is 1. The molecule has 4 rings (SSSR count). The summed E-state index contributed by atoms with van der Waals surface area (Å²) < 4.78 is 14.1. The van der Waals surface area contributed by atoms with Gasteiger partial charge in [-0.1, -0.05) is 23.5 Å². The molecule has 28 heavy (non-hydrogen) atoms. The summed E-state index contributed by atoms with van der Waals surface area (Å²) >= 11 is 1.53. The molecule has 1 aliphatic rings. The molecule has 1 saturated heterocycles. The second kappa shape index (κ2) is 7.76. The van der Waals surface area contributed by atoms with E-state index >= 15 is 0 Å². The summed E-state index contributed by atoms with van der Waals surface area (Å²) in [6, 6.07) is 7.23. The van der Waals surface area contributed by atoms with Gasteiger partial charge >= 0.3 is 6.03 Å². The third-order valence-electron chi connectivity index (χ3n) is 4.93. The molecular formula is C19H21FN6OS. The first-order valence-corrected chi connectivity index (χ1v) is 9.92. The Hall–Kier alpha value is -2.65. The van der Waals surface area contributed by atoms with Gasteiger partial charge in [-0.25, -0.2) is 14.2 Å². The zero-order valence-corrected chi connectivity index (χ0v) is 16.5. The number of urea groups is 1. The number of hydrogen-bond donors (Lipinski definition) is 2. The number of hydrogen-bond acceptors (Lipinski definition) is 6. The van der Waals surface area contributed by atoms with Crippen LogP contribution in [0, 0.1) is 6.92 Å². The van der Waals surface area contributed by atoms with E-state index in [1.807, 2.05) is 31.2 Å². The minimum absolute atomic E-state index is 0.0749. The Morgan fingerprint density at radius 1 is 1.29 bits per heavy atom. The van der Waals surface area contributed by atoms with Gasteiger partial charge in [0.1, 0.15) is 22.0 Å². The molecule has 2 atom stereocenters. The van der Waals surface area contributed by atoms with Crippen LogP contribution in [0.1, 0.15) is 11.4 Å². The number of carbonyl (C=O) groups excluding carboxylic acids is 1. The summed E-state index contributed by atoms with van der Waals surface area (Å²) in [6.07, 6.45) is 1.22. The van der Waals surface area contributed by atoms with E-state index < -0.39 is 6.17 Å². The van der Waals surface area contributed by atoms with E-state index in [0.29, 0.717) is 18.8 Å². The highest BCUT2D eigenvalue weighted by Crippen LogP contribution is 2.27. The number of alkyl halides is 1. The largest absolute Gasteiger partial charge is 0.323 e. The Morgan fingerprint density at radius 2 is 2.14 bits per heavy atom. The number of likely N-dealkylation sites (tertiary alicyclic amines) is 1. The molecule has 2 aromatic heterocycles. The van der Waals surface area contributed by atoms with Gasteiger partial charge < -0.3 is 10.2 Å². The van der Waals surface area contributed by atoms with Gasteiger partial charge in [0, 0.05) is 29.7 Å². The van der Waals surface area contributed by atoms with Crippen molar-refractivity contribution in [2.45, 2.75) is 25.6 Å². The molecular weight excluding hydrogens is 379 g/mol. The van der Waals surface area contributed by atoms with Crippen molar-refractivity contribution in [1.82, 2.24) is 25.4 Å². The number of amides is 2. The molecule has 0 aliphatic carbocycles. The average molecular weight is 400 g/mol. The second-order valence-electron chi connectivity index (χ2n) is 6.83. The summed E-state index contributed by atoms with van der Waals surface area (Å²) in [6.45, 7) is 2.50. The van der Waals surface area contributed by atoms with Gasteiger partial charge in [-0.15, -0.1) is 10.2 Å². The van der Waals surface area contributed by atoms with Crippen molar-refractivity contribution in [2.75, 3.05) is 25.5 Å². The van der Waals surface area contributed by atoms with Gasteiger partial charge in [0.2, 0.25) is 0 Å². The molecule has 7 nitrogen and oxygen atoms in total. The normalized spacial score (nSPS) is 19.8. The number of carbonyl (C=O) groups is 1. The maximum Gasteiger partial charge on any atom is 0.323 e. The molecule has 0 unspecified atom stereocenters. The fourth-order valence-corrected chi connectivity index (χ4v) is 4.05. The van der Waals surface area contributed by atoms with Crippen LogP contribution in [0.3, 0.4) is 0 Å². The molecule has 0 radical (unpaired) electrons. The number of anilines is 1. The van der Waals surface area contributed by atoms with Crippen LogP contribution in [-0.2, 0) is 0 Å². The lowest BCUT2D eigenvalue weighted by molar-refractivity contribution is 0.126. The molecule has 0 bridgehead atoms. The Kier molecular flexibility index (Phi) is 5.19. The van der Waals surface area contributed by atoms with Crippen LogP contribution in [0.2, 0.25) is 0 Å². The maximum absolute atomic E-state index is 14.1. The van der Waals surface area contributed by atoms with E-state index in [4.69, 9.17) is 0 Å². The van der Waals surface area contributed by atoms with Gasteiger partial charge in [0.25, 0.3) is 0 Å². The number of nitrogens with one attached hydrogen (secondary N) is 2. The first-order chi connectivity index (χ1) is 13.5. The first kappa shape index (κ1) is 18.7. The highest BCUT2D eigenvalue weighted by Gasteiger charge is 2.30. The molecule has 3 aromatic rings. The standard InChI is InChI=1S/C19H21FN6OS/c1-11-24-25-18(28-11)12-3-4-13-9-22-17(8-14(13)7-12)23-19(27)26-6-5-16(21-2)15(20)10-26/h3-4,7-9,15-16,21H,5-6,10H2,1-2H3,(H,22,23,27)/t15-,16-/m0/s1. The van der Waals surface area contributed by atoms with Crippen molar-refractivity contribution < 1.29 is 9.18 Å². The summed E-state index contributed by atoms with van der Waals surface area (Å²) in [5.41, 5.74) is 0.969. The van der Waals surface area contributed by atoms with Crippen LogP contribution in [0.5, 0.6) is 0 Å². The van der Waals surface area contributed by atoms with Crippen LogP contribution < -0.4 is 10.6 Å². The summed E-state index contributed by atoms with van der Waals surface area (Å²) in [7, 11) is 1.74. The lowest BCUT2D eigenvalue weighted by Crippen LogP contribution is -2.52.